The third-order valence-electron chi connectivity index (χ3n) is 3.30. The molecular weight excluding hydrogens is 290 g/mol. The van der Waals surface area contributed by atoms with Crippen molar-refractivity contribution >= 4 is 17.9 Å². The summed E-state index contributed by atoms with van der Waals surface area (Å²) in [7, 11) is 0. The summed E-state index contributed by atoms with van der Waals surface area (Å²) in [6.07, 6.45) is 8.81. The van der Waals surface area contributed by atoms with E-state index in [4.69, 9.17) is 15.3 Å². The number of unbranched alkanes of at least 4 members (excludes halogenated alkanes) is 4. The molecule has 0 aliphatic carbocycles. The molecule has 0 unspecified atom stereocenters. The first-order valence-corrected chi connectivity index (χ1v) is 7.47. The molecule has 0 aromatic heterocycles. The van der Waals surface area contributed by atoms with Gasteiger partial charge in [0.05, 0.1) is 6.54 Å². The van der Waals surface area contributed by atoms with Gasteiger partial charge >= 0.3 is 17.9 Å². The van der Waals surface area contributed by atoms with Gasteiger partial charge < -0.3 is 15.3 Å². The van der Waals surface area contributed by atoms with Crippen LogP contribution < -0.4 is 0 Å². The fourth-order valence-corrected chi connectivity index (χ4v) is 2.33. The number of quaternary nitrogens is 1. The summed E-state index contributed by atoms with van der Waals surface area (Å²) in [4.78, 5) is 32.9. The summed E-state index contributed by atoms with van der Waals surface area (Å²) in [5, 5.41) is 26.8. The number of carboxylic acid groups (broad SMARTS) is 3. The Bertz CT molecular complexity index is 364. The number of carbonyl (C=O) groups is 3. The van der Waals surface area contributed by atoms with Crippen molar-refractivity contribution in [2.75, 3.05) is 26.2 Å². The lowest BCUT2D eigenvalue weighted by atomic mass is 10.1. The third-order valence-corrected chi connectivity index (χ3v) is 3.30. The van der Waals surface area contributed by atoms with E-state index >= 15 is 0 Å². The number of carboxylic acids is 3. The predicted molar refractivity (Wildman–Crippen MR) is 80.5 cm³/mol. The van der Waals surface area contributed by atoms with Crippen LogP contribution in [-0.4, -0.2) is 63.9 Å². The second kappa shape index (κ2) is 10.8. The molecule has 0 radical (unpaired) electrons. The van der Waals surface area contributed by atoms with Crippen LogP contribution in [0.15, 0.2) is 12.2 Å². The zero-order valence-electron chi connectivity index (χ0n) is 13.0. The number of rotatable bonds is 13. The number of hydrogen-bond donors (Lipinski definition) is 3. The number of allylic oxidation sites excluding steroid dienone is 1. The average molecular weight is 316 g/mol. The number of nitrogens with zero attached hydrogens (tertiary/aromatic N) is 1. The van der Waals surface area contributed by atoms with Crippen molar-refractivity contribution in [2.24, 2.45) is 0 Å². The summed E-state index contributed by atoms with van der Waals surface area (Å²) in [6, 6.07) is 0. The Morgan fingerprint density at radius 2 is 1.32 bits per heavy atom. The molecule has 0 aromatic carbocycles. The minimum atomic E-state index is -1.21. The Kier molecular flexibility index (Phi) is 9.86. The van der Waals surface area contributed by atoms with Gasteiger partial charge in [-0.1, -0.05) is 32.3 Å². The fraction of sp³-hybridized carbons (Fsp3) is 0.667. The Labute approximate surface area is 130 Å². The Morgan fingerprint density at radius 3 is 1.73 bits per heavy atom. The highest BCUT2D eigenvalue weighted by Crippen LogP contribution is 2.09. The van der Waals surface area contributed by atoms with Crippen molar-refractivity contribution in [2.45, 2.75) is 39.0 Å². The largest absolute Gasteiger partial charge is 0.477 e. The average Bonchev–Trinajstić information content (AvgIpc) is 2.35. The maximum absolute atomic E-state index is 11.0. The van der Waals surface area contributed by atoms with Crippen LogP contribution in [0.4, 0.5) is 0 Å². The first-order chi connectivity index (χ1) is 10.3. The third kappa shape index (κ3) is 9.93. The highest BCUT2D eigenvalue weighted by Gasteiger charge is 2.34. The molecule has 0 saturated heterocycles. The van der Waals surface area contributed by atoms with Gasteiger partial charge in [0, 0.05) is 0 Å². The quantitative estimate of drug-likeness (QED) is 0.270. The highest BCUT2D eigenvalue weighted by atomic mass is 16.4. The van der Waals surface area contributed by atoms with Crippen LogP contribution in [0, 0.1) is 0 Å². The van der Waals surface area contributed by atoms with E-state index in [-0.39, 0.29) is 6.54 Å². The Morgan fingerprint density at radius 1 is 0.818 bits per heavy atom. The van der Waals surface area contributed by atoms with Crippen molar-refractivity contribution < 1.29 is 34.2 Å². The van der Waals surface area contributed by atoms with Gasteiger partial charge in [-0.05, 0) is 18.9 Å². The van der Waals surface area contributed by atoms with Gasteiger partial charge in [-0.25, -0.2) is 14.4 Å². The van der Waals surface area contributed by atoms with Crippen LogP contribution in [0.25, 0.3) is 0 Å². The van der Waals surface area contributed by atoms with Crippen molar-refractivity contribution in [1.82, 2.24) is 0 Å². The maximum atomic E-state index is 11.0. The van der Waals surface area contributed by atoms with E-state index in [2.05, 4.69) is 6.92 Å². The van der Waals surface area contributed by atoms with Crippen molar-refractivity contribution in [1.29, 1.82) is 0 Å². The molecule has 0 aromatic rings. The zero-order chi connectivity index (χ0) is 17.0. The van der Waals surface area contributed by atoms with Crippen LogP contribution in [0.1, 0.15) is 39.0 Å². The van der Waals surface area contributed by atoms with Gasteiger partial charge in [-0.3, -0.25) is 4.48 Å². The first kappa shape index (κ1) is 20.1. The summed E-state index contributed by atoms with van der Waals surface area (Å²) < 4.78 is -0.522. The fourth-order valence-electron chi connectivity index (χ4n) is 2.33. The number of hydrogen-bond acceptors (Lipinski definition) is 3. The van der Waals surface area contributed by atoms with Crippen molar-refractivity contribution in [3.63, 3.8) is 0 Å². The van der Waals surface area contributed by atoms with Crippen molar-refractivity contribution in [3.05, 3.63) is 12.2 Å². The summed E-state index contributed by atoms with van der Waals surface area (Å²) >= 11 is 0. The molecule has 0 heterocycles. The second-order valence-electron chi connectivity index (χ2n) is 5.50. The van der Waals surface area contributed by atoms with E-state index < -0.39 is 42.0 Å². The van der Waals surface area contributed by atoms with E-state index in [0.717, 1.165) is 32.1 Å². The van der Waals surface area contributed by atoms with Gasteiger partial charge in [0.25, 0.3) is 0 Å². The van der Waals surface area contributed by atoms with Crippen LogP contribution in [0.2, 0.25) is 0 Å². The van der Waals surface area contributed by atoms with E-state index in [1.54, 1.807) is 6.08 Å². The summed E-state index contributed by atoms with van der Waals surface area (Å²) in [5.41, 5.74) is 0. The van der Waals surface area contributed by atoms with E-state index in [0.29, 0.717) is 0 Å². The molecule has 0 fully saturated rings. The lowest BCUT2D eigenvalue weighted by Gasteiger charge is -2.33. The first-order valence-electron chi connectivity index (χ1n) is 7.47. The van der Waals surface area contributed by atoms with Crippen LogP contribution in [-0.2, 0) is 14.4 Å². The molecule has 0 aliphatic rings. The highest BCUT2D eigenvalue weighted by molar-refractivity contribution is 5.73. The van der Waals surface area contributed by atoms with Crippen LogP contribution in [0.5, 0.6) is 0 Å². The number of aliphatic carboxylic acids is 3. The Balaban J connectivity index is 4.73. The van der Waals surface area contributed by atoms with Crippen LogP contribution in [0.3, 0.4) is 0 Å². The van der Waals surface area contributed by atoms with Gasteiger partial charge in [0.15, 0.2) is 19.6 Å². The lowest BCUT2D eigenvalue weighted by molar-refractivity contribution is -0.902. The summed E-state index contributed by atoms with van der Waals surface area (Å²) in [5.74, 6) is -3.63. The topological polar surface area (TPSA) is 112 Å². The lowest BCUT2D eigenvalue weighted by Crippen LogP contribution is -2.56. The molecule has 0 bridgehead atoms. The molecule has 0 aliphatic heterocycles. The molecule has 0 atom stereocenters. The monoisotopic (exact) mass is 316 g/mol. The zero-order valence-corrected chi connectivity index (χ0v) is 13.0. The minimum absolute atomic E-state index is 0.0820. The van der Waals surface area contributed by atoms with E-state index in [1.807, 2.05) is 6.08 Å². The minimum Gasteiger partial charge on any atom is -0.477 e. The molecule has 3 N–H and O–H groups in total. The van der Waals surface area contributed by atoms with E-state index in [9.17, 15) is 14.4 Å². The van der Waals surface area contributed by atoms with Gasteiger partial charge in [0.1, 0.15) is 0 Å². The second-order valence-corrected chi connectivity index (χ2v) is 5.50. The molecule has 0 spiro atoms. The summed E-state index contributed by atoms with van der Waals surface area (Å²) in [6.45, 7) is 0.611. The van der Waals surface area contributed by atoms with Gasteiger partial charge in [0.2, 0.25) is 0 Å². The molecule has 126 valence electrons. The standard InChI is InChI=1S/C15H25NO6/c1-2-3-4-5-6-7-8-9-16(10-13(17)18,11-14(19)20)12-15(21)22/h7-8H,2-6,9-12H2,1H3,(H2-,17,18,19,20,21,22)/p+1/b8-7+. The predicted octanol–water partition coefficient (Wildman–Crippen LogP) is 1.58. The smallest absolute Gasteiger partial charge is 0.359 e. The van der Waals surface area contributed by atoms with Gasteiger partial charge in [-0.15, -0.1) is 0 Å². The molecule has 22 heavy (non-hydrogen) atoms. The molecule has 0 amide bonds. The van der Waals surface area contributed by atoms with Crippen LogP contribution >= 0.6 is 0 Å². The SMILES string of the molecule is CCCCCC/C=C/C[N+](CC(=O)O)(CC(=O)O)CC(=O)O. The molecule has 7 nitrogen and oxygen atoms in total. The van der Waals surface area contributed by atoms with Crippen molar-refractivity contribution in [3.8, 4) is 0 Å². The molecule has 7 heteroatoms. The molecule has 0 rings (SSSR count). The maximum Gasteiger partial charge on any atom is 0.359 e. The van der Waals surface area contributed by atoms with E-state index in [1.165, 1.54) is 0 Å². The van der Waals surface area contributed by atoms with Gasteiger partial charge in [-0.2, -0.15) is 0 Å². The Hall–Kier alpha value is -1.89. The molecule has 0 saturated carbocycles. The molecular formula is C15H26NO6+. The normalized spacial score (nSPS) is 11.7.